The minimum atomic E-state index is -1.32. The van der Waals surface area contributed by atoms with Gasteiger partial charge in [0.2, 0.25) is 0 Å². The van der Waals surface area contributed by atoms with Crippen molar-refractivity contribution in [3.05, 3.63) is 23.8 Å². The molecule has 0 aliphatic rings. The first kappa shape index (κ1) is 34.1. The molecule has 0 aliphatic carbocycles. The lowest BCUT2D eigenvalue weighted by atomic mass is 9.87. The maximum Gasteiger partial charge on any atom is 0.321 e. The third-order valence-electron chi connectivity index (χ3n) is 7.12. The molecule has 9 nitrogen and oxygen atoms in total. The van der Waals surface area contributed by atoms with Gasteiger partial charge in [0.15, 0.2) is 11.5 Å². The van der Waals surface area contributed by atoms with Gasteiger partial charge in [-0.3, -0.25) is 19.2 Å². The number of benzene rings is 1. The zero-order valence-corrected chi connectivity index (χ0v) is 24.9. The Balaban J connectivity index is 3.39. The molecular weight excluding hydrogens is 502 g/mol. The highest BCUT2D eigenvalue weighted by Gasteiger charge is 2.31. The minimum Gasteiger partial charge on any atom is -0.480 e. The Morgan fingerprint density at radius 1 is 0.821 bits per heavy atom. The number of carbonyl (C=O) groups excluding carboxylic acids is 3. The predicted molar refractivity (Wildman–Crippen MR) is 148 cm³/mol. The van der Waals surface area contributed by atoms with Gasteiger partial charge < -0.3 is 25.1 Å². The van der Waals surface area contributed by atoms with Gasteiger partial charge in [0.25, 0.3) is 0 Å². The van der Waals surface area contributed by atoms with Crippen LogP contribution in [0.2, 0.25) is 0 Å². The SMILES string of the molecule is CC(C)CCC(=O)OC(C)CC(c1ccc(OC(=O)C(C)C(C)C)c(OC(=O)C(C)C(C)C)c1)[C@H](N)C(=O)O. The van der Waals surface area contributed by atoms with Crippen LogP contribution in [0, 0.1) is 29.6 Å². The molecule has 0 radical (unpaired) electrons. The van der Waals surface area contributed by atoms with E-state index in [0.717, 1.165) is 0 Å². The molecule has 0 saturated heterocycles. The van der Waals surface area contributed by atoms with E-state index in [1.807, 2.05) is 41.5 Å². The number of hydrogen-bond acceptors (Lipinski definition) is 8. The average Bonchev–Trinajstić information content (AvgIpc) is 2.85. The molecule has 0 aliphatic heterocycles. The molecule has 39 heavy (non-hydrogen) atoms. The first-order valence-electron chi connectivity index (χ1n) is 13.8. The van der Waals surface area contributed by atoms with Crippen LogP contribution in [0.15, 0.2) is 18.2 Å². The van der Waals surface area contributed by atoms with E-state index in [-0.39, 0.29) is 42.1 Å². The summed E-state index contributed by atoms with van der Waals surface area (Å²) < 4.78 is 16.8. The lowest BCUT2D eigenvalue weighted by Gasteiger charge is -2.26. The molecule has 0 heterocycles. The summed E-state index contributed by atoms with van der Waals surface area (Å²) in [4.78, 5) is 49.6. The third-order valence-corrected chi connectivity index (χ3v) is 7.12. The molecule has 220 valence electrons. The van der Waals surface area contributed by atoms with Crippen LogP contribution < -0.4 is 15.2 Å². The fourth-order valence-corrected chi connectivity index (χ4v) is 3.62. The largest absolute Gasteiger partial charge is 0.480 e. The Morgan fingerprint density at radius 3 is 1.79 bits per heavy atom. The van der Waals surface area contributed by atoms with Crippen molar-refractivity contribution in [3.63, 3.8) is 0 Å². The molecule has 5 atom stereocenters. The lowest BCUT2D eigenvalue weighted by Crippen LogP contribution is -2.38. The summed E-state index contributed by atoms with van der Waals surface area (Å²) in [6.45, 7) is 16.8. The Labute approximate surface area is 232 Å². The summed E-state index contributed by atoms with van der Waals surface area (Å²) in [6.07, 6.45) is 0.459. The van der Waals surface area contributed by atoms with Gasteiger partial charge in [0, 0.05) is 12.3 Å². The highest BCUT2D eigenvalue weighted by Crippen LogP contribution is 2.36. The van der Waals surface area contributed by atoms with Crippen molar-refractivity contribution in [2.75, 3.05) is 0 Å². The van der Waals surface area contributed by atoms with Gasteiger partial charge in [0.1, 0.15) is 6.04 Å². The molecule has 9 heteroatoms. The van der Waals surface area contributed by atoms with Crippen molar-refractivity contribution in [1.82, 2.24) is 0 Å². The van der Waals surface area contributed by atoms with Gasteiger partial charge in [-0.1, -0.05) is 61.5 Å². The van der Waals surface area contributed by atoms with Crippen LogP contribution >= 0.6 is 0 Å². The Kier molecular flexibility index (Phi) is 13.6. The number of carbonyl (C=O) groups is 4. The standard InChI is InChI=1S/C30H47NO8/c1-16(2)10-13-26(32)37-19(7)14-23(27(31)28(33)34)22-11-12-24(38-29(35)20(8)17(3)4)25(15-22)39-30(36)21(9)18(5)6/h11-12,15-21,23,27H,10,13-14,31H2,1-9H3,(H,33,34)/t19?,20?,21?,23?,27-/m0/s1. The van der Waals surface area contributed by atoms with Gasteiger partial charge >= 0.3 is 23.9 Å². The number of esters is 3. The monoisotopic (exact) mass is 549 g/mol. The second kappa shape index (κ2) is 15.6. The second-order valence-corrected chi connectivity index (χ2v) is 11.6. The van der Waals surface area contributed by atoms with Crippen LogP contribution in [0.25, 0.3) is 0 Å². The van der Waals surface area contributed by atoms with Crippen molar-refractivity contribution in [2.24, 2.45) is 35.3 Å². The quantitative estimate of drug-likeness (QED) is 0.219. The minimum absolute atomic E-state index is 0.00141. The Hall–Kier alpha value is -2.94. The number of ether oxygens (including phenoxy) is 3. The normalized spacial score (nSPS) is 15.4. The van der Waals surface area contributed by atoms with E-state index < -0.39 is 47.8 Å². The van der Waals surface area contributed by atoms with Gasteiger partial charge in [-0.05, 0) is 55.2 Å². The zero-order chi connectivity index (χ0) is 30.0. The highest BCUT2D eigenvalue weighted by atomic mass is 16.6. The Morgan fingerprint density at radius 2 is 1.33 bits per heavy atom. The van der Waals surface area contributed by atoms with Gasteiger partial charge in [-0.15, -0.1) is 0 Å². The van der Waals surface area contributed by atoms with Crippen LogP contribution in [-0.4, -0.2) is 41.1 Å². The number of hydrogen-bond donors (Lipinski definition) is 2. The van der Waals surface area contributed by atoms with Crippen LogP contribution in [0.5, 0.6) is 11.5 Å². The van der Waals surface area contributed by atoms with Crippen molar-refractivity contribution >= 4 is 23.9 Å². The second-order valence-electron chi connectivity index (χ2n) is 11.6. The van der Waals surface area contributed by atoms with E-state index in [1.165, 1.54) is 12.1 Å². The van der Waals surface area contributed by atoms with E-state index >= 15 is 0 Å². The topological polar surface area (TPSA) is 142 Å². The highest BCUT2D eigenvalue weighted by molar-refractivity contribution is 5.79. The maximum absolute atomic E-state index is 12.8. The smallest absolute Gasteiger partial charge is 0.321 e. The zero-order valence-electron chi connectivity index (χ0n) is 24.9. The number of carboxylic acid groups (broad SMARTS) is 1. The van der Waals surface area contributed by atoms with Gasteiger partial charge in [-0.2, -0.15) is 0 Å². The predicted octanol–water partition coefficient (Wildman–Crippen LogP) is 5.34. The van der Waals surface area contributed by atoms with E-state index in [4.69, 9.17) is 19.9 Å². The number of aliphatic carboxylic acids is 1. The molecule has 3 N–H and O–H groups in total. The molecule has 0 aromatic heterocycles. The molecule has 0 bridgehead atoms. The summed E-state index contributed by atoms with van der Waals surface area (Å²) in [5.74, 6) is -3.77. The van der Waals surface area contributed by atoms with E-state index in [9.17, 15) is 24.3 Å². The van der Waals surface area contributed by atoms with Crippen molar-refractivity contribution in [3.8, 4) is 11.5 Å². The molecule has 1 aromatic rings. The summed E-state index contributed by atoms with van der Waals surface area (Å²) in [5, 5.41) is 9.70. The van der Waals surface area contributed by atoms with Gasteiger partial charge in [0.05, 0.1) is 17.9 Å². The summed E-state index contributed by atoms with van der Waals surface area (Å²) in [7, 11) is 0. The molecule has 0 amide bonds. The molecule has 4 unspecified atom stereocenters. The molecule has 0 spiro atoms. The van der Waals surface area contributed by atoms with Crippen molar-refractivity contribution < 1.29 is 38.5 Å². The van der Waals surface area contributed by atoms with Crippen LogP contribution in [-0.2, 0) is 23.9 Å². The van der Waals surface area contributed by atoms with Gasteiger partial charge in [-0.25, -0.2) is 0 Å². The summed E-state index contributed by atoms with van der Waals surface area (Å²) in [5.41, 5.74) is 6.52. The lowest BCUT2D eigenvalue weighted by molar-refractivity contribution is -0.149. The fourth-order valence-electron chi connectivity index (χ4n) is 3.62. The van der Waals surface area contributed by atoms with E-state index in [2.05, 4.69) is 0 Å². The number of rotatable bonds is 15. The van der Waals surface area contributed by atoms with Crippen molar-refractivity contribution in [1.29, 1.82) is 0 Å². The van der Waals surface area contributed by atoms with E-state index in [1.54, 1.807) is 26.8 Å². The van der Waals surface area contributed by atoms with Crippen LogP contribution in [0.3, 0.4) is 0 Å². The maximum atomic E-state index is 12.8. The van der Waals surface area contributed by atoms with Crippen molar-refractivity contribution in [2.45, 2.75) is 99.6 Å². The molecule has 1 rings (SSSR count). The summed E-state index contributed by atoms with van der Waals surface area (Å²) >= 11 is 0. The number of carboxylic acids is 1. The first-order chi connectivity index (χ1) is 18.0. The average molecular weight is 550 g/mol. The molecule has 0 fully saturated rings. The first-order valence-corrected chi connectivity index (χ1v) is 13.8. The fraction of sp³-hybridized carbons (Fsp3) is 0.667. The molecular formula is C30H47NO8. The molecule has 1 aromatic carbocycles. The summed E-state index contributed by atoms with van der Waals surface area (Å²) in [6, 6.07) is 3.22. The van der Waals surface area contributed by atoms with E-state index in [0.29, 0.717) is 17.9 Å². The number of nitrogens with two attached hydrogens (primary N) is 1. The third kappa shape index (κ3) is 11.0. The van der Waals surface area contributed by atoms with Crippen LogP contribution in [0.4, 0.5) is 0 Å². The van der Waals surface area contributed by atoms with Crippen LogP contribution in [0.1, 0.15) is 93.1 Å². The Bertz CT molecular complexity index is 987. The molecule has 0 saturated carbocycles.